The first-order valence-corrected chi connectivity index (χ1v) is 5.39. The van der Waals surface area contributed by atoms with Gasteiger partial charge in [-0.25, -0.2) is 0 Å². The molecule has 0 heterocycles. The van der Waals surface area contributed by atoms with E-state index in [9.17, 15) is 10.2 Å². The van der Waals surface area contributed by atoms with E-state index in [0.717, 1.165) is 12.0 Å². The highest BCUT2D eigenvalue weighted by Crippen LogP contribution is 2.75. The van der Waals surface area contributed by atoms with Gasteiger partial charge in [-0.1, -0.05) is 27.4 Å². The SMILES string of the molecule is C=C1[C@H](O)[C@@](C)(CO)C2CC12C(C)C. The van der Waals surface area contributed by atoms with Crippen LogP contribution in [0.2, 0.25) is 0 Å². The van der Waals surface area contributed by atoms with Gasteiger partial charge in [0.25, 0.3) is 0 Å². The molecule has 2 aliphatic rings. The van der Waals surface area contributed by atoms with Crippen molar-refractivity contribution in [2.24, 2.45) is 22.7 Å². The summed E-state index contributed by atoms with van der Waals surface area (Å²) in [5.74, 6) is 0.950. The molecule has 0 saturated heterocycles. The van der Waals surface area contributed by atoms with Crippen LogP contribution in [0.4, 0.5) is 0 Å². The summed E-state index contributed by atoms with van der Waals surface area (Å²) in [6.07, 6.45) is 0.575. The van der Waals surface area contributed by atoms with Gasteiger partial charge in [0.2, 0.25) is 0 Å². The van der Waals surface area contributed by atoms with E-state index in [1.165, 1.54) is 0 Å². The fourth-order valence-corrected chi connectivity index (χ4v) is 3.50. The van der Waals surface area contributed by atoms with Crippen molar-refractivity contribution in [1.82, 2.24) is 0 Å². The van der Waals surface area contributed by atoms with Gasteiger partial charge in [-0.2, -0.15) is 0 Å². The number of fused-ring (bicyclic) bond motifs is 1. The molecule has 0 aromatic heterocycles. The zero-order chi connectivity index (χ0) is 10.7. The largest absolute Gasteiger partial charge is 0.396 e. The Hall–Kier alpha value is -0.340. The Kier molecular flexibility index (Phi) is 1.90. The van der Waals surface area contributed by atoms with Crippen LogP contribution >= 0.6 is 0 Å². The molecule has 2 nitrogen and oxygen atoms in total. The topological polar surface area (TPSA) is 40.5 Å². The molecule has 2 saturated carbocycles. The van der Waals surface area contributed by atoms with Crippen LogP contribution in [0.5, 0.6) is 0 Å². The minimum Gasteiger partial charge on any atom is -0.396 e. The van der Waals surface area contributed by atoms with Gasteiger partial charge >= 0.3 is 0 Å². The van der Waals surface area contributed by atoms with Gasteiger partial charge in [-0.05, 0) is 29.2 Å². The number of aliphatic hydroxyl groups is 2. The van der Waals surface area contributed by atoms with Crippen molar-refractivity contribution in [2.75, 3.05) is 6.61 Å². The third-order valence-electron chi connectivity index (χ3n) is 4.72. The van der Waals surface area contributed by atoms with Gasteiger partial charge in [0.1, 0.15) is 0 Å². The van der Waals surface area contributed by atoms with Crippen molar-refractivity contribution in [2.45, 2.75) is 33.3 Å². The Balaban J connectivity index is 2.37. The van der Waals surface area contributed by atoms with Gasteiger partial charge in [0.05, 0.1) is 12.7 Å². The Bertz CT molecular complexity index is 284. The van der Waals surface area contributed by atoms with Gasteiger partial charge < -0.3 is 10.2 Å². The summed E-state index contributed by atoms with van der Waals surface area (Å²) in [7, 11) is 0. The molecule has 2 heteroatoms. The number of rotatable bonds is 2. The lowest BCUT2D eigenvalue weighted by atomic mass is 9.82. The number of hydrogen-bond acceptors (Lipinski definition) is 2. The lowest BCUT2D eigenvalue weighted by Gasteiger charge is -2.28. The zero-order valence-electron chi connectivity index (χ0n) is 9.25. The highest BCUT2D eigenvalue weighted by Gasteiger charge is 2.73. The molecule has 80 valence electrons. The summed E-state index contributed by atoms with van der Waals surface area (Å²) in [6, 6.07) is 0. The van der Waals surface area contributed by atoms with Crippen LogP contribution in [0, 0.1) is 22.7 Å². The molecule has 0 aromatic rings. The Labute approximate surface area is 85.6 Å². The maximum atomic E-state index is 10.1. The van der Waals surface area contributed by atoms with Crippen molar-refractivity contribution in [3.63, 3.8) is 0 Å². The first kappa shape index (κ1) is 10.2. The smallest absolute Gasteiger partial charge is 0.0831 e. The Morgan fingerprint density at radius 1 is 1.57 bits per heavy atom. The molecule has 0 aliphatic heterocycles. The van der Waals surface area contributed by atoms with Crippen LogP contribution < -0.4 is 0 Å². The van der Waals surface area contributed by atoms with Crippen molar-refractivity contribution in [1.29, 1.82) is 0 Å². The minimum atomic E-state index is -0.520. The highest BCUT2D eigenvalue weighted by molar-refractivity contribution is 5.38. The quantitative estimate of drug-likeness (QED) is 0.658. The standard InChI is InChI=1S/C12H20O2/c1-7(2)12-5-9(12)11(4,6-13)10(14)8(12)3/h7,9-10,13-14H,3,5-6H2,1-2,4H3/t9?,10-,11-,12?/m0/s1. The summed E-state index contributed by atoms with van der Waals surface area (Å²) < 4.78 is 0. The second-order valence-electron chi connectivity index (χ2n) is 5.54. The average molecular weight is 196 g/mol. The van der Waals surface area contributed by atoms with Crippen LogP contribution in [0.25, 0.3) is 0 Å². The number of aliphatic hydroxyl groups excluding tert-OH is 2. The van der Waals surface area contributed by atoms with Crippen molar-refractivity contribution >= 4 is 0 Å². The van der Waals surface area contributed by atoms with E-state index in [4.69, 9.17) is 0 Å². The third kappa shape index (κ3) is 0.842. The zero-order valence-corrected chi connectivity index (χ0v) is 9.25. The van der Waals surface area contributed by atoms with Gasteiger partial charge in [0.15, 0.2) is 0 Å². The second kappa shape index (κ2) is 2.61. The molecular weight excluding hydrogens is 176 g/mol. The molecule has 2 aliphatic carbocycles. The van der Waals surface area contributed by atoms with Crippen LogP contribution in [0.3, 0.4) is 0 Å². The molecule has 2 rings (SSSR count). The van der Waals surface area contributed by atoms with Gasteiger partial charge in [-0.15, -0.1) is 0 Å². The molecule has 2 N–H and O–H groups in total. The lowest BCUT2D eigenvalue weighted by molar-refractivity contribution is 0.0173. The molecule has 14 heavy (non-hydrogen) atoms. The highest BCUT2D eigenvalue weighted by atomic mass is 16.3. The third-order valence-corrected chi connectivity index (χ3v) is 4.72. The van der Waals surface area contributed by atoms with Crippen LogP contribution in [-0.4, -0.2) is 22.9 Å². The molecular formula is C12H20O2. The van der Waals surface area contributed by atoms with Crippen molar-refractivity contribution in [3.8, 4) is 0 Å². The average Bonchev–Trinajstić information content (AvgIpc) is 2.87. The molecule has 0 amide bonds. The summed E-state index contributed by atoms with van der Waals surface area (Å²) >= 11 is 0. The van der Waals surface area contributed by atoms with E-state index in [-0.39, 0.29) is 17.4 Å². The summed E-state index contributed by atoms with van der Waals surface area (Å²) in [5.41, 5.74) is 0.729. The first-order chi connectivity index (χ1) is 6.41. The molecule has 2 unspecified atom stereocenters. The summed E-state index contributed by atoms with van der Waals surface area (Å²) in [4.78, 5) is 0. The van der Waals surface area contributed by atoms with Crippen LogP contribution in [0.15, 0.2) is 12.2 Å². The number of hydrogen-bond donors (Lipinski definition) is 2. The van der Waals surface area contributed by atoms with Crippen LogP contribution in [0.1, 0.15) is 27.2 Å². The summed E-state index contributed by atoms with van der Waals surface area (Å²) in [6.45, 7) is 10.4. The first-order valence-electron chi connectivity index (χ1n) is 5.39. The van der Waals surface area contributed by atoms with E-state index in [2.05, 4.69) is 20.4 Å². The van der Waals surface area contributed by atoms with E-state index < -0.39 is 6.10 Å². The molecule has 0 spiro atoms. The Morgan fingerprint density at radius 2 is 2.14 bits per heavy atom. The fourth-order valence-electron chi connectivity index (χ4n) is 3.50. The van der Waals surface area contributed by atoms with Gasteiger partial charge in [-0.3, -0.25) is 0 Å². The van der Waals surface area contributed by atoms with E-state index in [1.54, 1.807) is 0 Å². The normalized spacial score (nSPS) is 51.1. The van der Waals surface area contributed by atoms with Crippen molar-refractivity contribution in [3.05, 3.63) is 12.2 Å². The fraction of sp³-hybridized carbons (Fsp3) is 0.833. The maximum Gasteiger partial charge on any atom is 0.0831 e. The minimum absolute atomic E-state index is 0.0618. The molecule has 0 bridgehead atoms. The molecule has 2 fully saturated rings. The Morgan fingerprint density at radius 3 is 2.43 bits per heavy atom. The maximum absolute atomic E-state index is 10.1. The molecule has 0 radical (unpaired) electrons. The van der Waals surface area contributed by atoms with E-state index in [1.807, 2.05) is 6.92 Å². The molecule has 0 aromatic carbocycles. The van der Waals surface area contributed by atoms with Crippen molar-refractivity contribution < 1.29 is 10.2 Å². The predicted octanol–water partition coefficient (Wildman–Crippen LogP) is 1.58. The monoisotopic (exact) mass is 196 g/mol. The summed E-state index contributed by atoms with van der Waals surface area (Å²) in [5, 5.41) is 19.5. The van der Waals surface area contributed by atoms with E-state index in [0.29, 0.717) is 11.8 Å². The van der Waals surface area contributed by atoms with Gasteiger partial charge in [0, 0.05) is 5.41 Å². The molecule has 4 atom stereocenters. The lowest BCUT2D eigenvalue weighted by Crippen LogP contribution is -2.34. The van der Waals surface area contributed by atoms with Crippen LogP contribution in [-0.2, 0) is 0 Å². The predicted molar refractivity (Wildman–Crippen MR) is 55.7 cm³/mol. The van der Waals surface area contributed by atoms with E-state index >= 15 is 0 Å². The second-order valence-corrected chi connectivity index (χ2v) is 5.54.